The van der Waals surface area contributed by atoms with Crippen molar-refractivity contribution >= 4 is 27.4 Å². The quantitative estimate of drug-likeness (QED) is 0.821. The Labute approximate surface area is 155 Å². The summed E-state index contributed by atoms with van der Waals surface area (Å²) in [7, 11) is -3.18. The number of carbonyl (C=O) groups is 1. The summed E-state index contributed by atoms with van der Waals surface area (Å²) in [4.78, 5) is 14.6. The van der Waals surface area contributed by atoms with E-state index in [2.05, 4.69) is 15.5 Å². The maximum atomic E-state index is 12.2. The molecule has 3 rings (SSSR count). The SMILES string of the molecule is CC(CN1CCCCC1)NC(=O)Nc1ccc(N2CCCS2(=O)=O)cc1. The summed E-state index contributed by atoms with van der Waals surface area (Å²) in [6.45, 7) is 5.60. The molecule has 2 aliphatic heterocycles. The lowest BCUT2D eigenvalue weighted by Crippen LogP contribution is -2.45. The van der Waals surface area contributed by atoms with Crippen LogP contribution in [0.2, 0.25) is 0 Å². The third kappa shape index (κ3) is 4.88. The molecule has 0 bridgehead atoms. The Hall–Kier alpha value is -1.80. The van der Waals surface area contributed by atoms with E-state index in [-0.39, 0.29) is 17.8 Å². The number of sulfonamides is 1. The predicted molar refractivity (Wildman–Crippen MR) is 104 cm³/mol. The maximum Gasteiger partial charge on any atom is 0.319 e. The minimum atomic E-state index is -3.18. The molecule has 2 aliphatic rings. The zero-order chi connectivity index (χ0) is 18.6. The number of anilines is 2. The lowest BCUT2D eigenvalue weighted by Gasteiger charge is -2.29. The summed E-state index contributed by atoms with van der Waals surface area (Å²) in [6, 6.07) is 6.76. The topological polar surface area (TPSA) is 81.8 Å². The van der Waals surface area contributed by atoms with Gasteiger partial charge in [-0.3, -0.25) is 4.31 Å². The molecule has 8 heteroatoms. The van der Waals surface area contributed by atoms with Crippen LogP contribution in [0.3, 0.4) is 0 Å². The van der Waals surface area contributed by atoms with Crippen molar-refractivity contribution in [2.75, 3.05) is 41.6 Å². The molecule has 0 radical (unpaired) electrons. The monoisotopic (exact) mass is 380 g/mol. The van der Waals surface area contributed by atoms with Crippen molar-refractivity contribution in [1.82, 2.24) is 10.2 Å². The molecule has 1 atom stereocenters. The number of hydrogen-bond acceptors (Lipinski definition) is 4. The second-order valence-electron chi connectivity index (χ2n) is 7.15. The van der Waals surface area contributed by atoms with E-state index in [0.29, 0.717) is 24.3 Å². The standard InChI is InChI=1S/C18H28N4O3S/c1-15(14-21-10-3-2-4-11-21)19-18(23)20-16-6-8-17(9-7-16)22-12-5-13-26(22,24)25/h6-9,15H,2-5,10-14H2,1H3,(H2,19,20,23). The number of likely N-dealkylation sites (tertiary alicyclic amines) is 1. The molecular formula is C18H28N4O3S. The van der Waals surface area contributed by atoms with Gasteiger partial charge in [-0.1, -0.05) is 6.42 Å². The summed E-state index contributed by atoms with van der Waals surface area (Å²) >= 11 is 0. The lowest BCUT2D eigenvalue weighted by molar-refractivity contribution is 0.206. The van der Waals surface area contributed by atoms with Gasteiger partial charge in [-0.2, -0.15) is 0 Å². The number of carbonyl (C=O) groups excluding carboxylic acids is 1. The largest absolute Gasteiger partial charge is 0.334 e. The first-order chi connectivity index (χ1) is 12.4. The number of rotatable bonds is 5. The zero-order valence-electron chi connectivity index (χ0n) is 15.3. The van der Waals surface area contributed by atoms with Gasteiger partial charge in [-0.15, -0.1) is 0 Å². The highest BCUT2D eigenvalue weighted by Crippen LogP contribution is 2.25. The summed E-state index contributed by atoms with van der Waals surface area (Å²) in [5, 5.41) is 5.77. The number of piperidine rings is 1. The van der Waals surface area contributed by atoms with E-state index in [9.17, 15) is 13.2 Å². The Bertz CT molecular complexity index is 714. The lowest BCUT2D eigenvalue weighted by atomic mass is 10.1. The molecule has 7 nitrogen and oxygen atoms in total. The Balaban J connectivity index is 1.49. The second-order valence-corrected chi connectivity index (χ2v) is 9.16. The van der Waals surface area contributed by atoms with Crippen LogP contribution in [0.4, 0.5) is 16.2 Å². The van der Waals surface area contributed by atoms with Crippen LogP contribution in [0.15, 0.2) is 24.3 Å². The number of amides is 2. The number of nitrogens with zero attached hydrogens (tertiary/aromatic N) is 2. The van der Waals surface area contributed by atoms with E-state index in [1.165, 1.54) is 23.6 Å². The Morgan fingerprint density at radius 3 is 2.38 bits per heavy atom. The summed E-state index contributed by atoms with van der Waals surface area (Å²) in [5.41, 5.74) is 1.29. The van der Waals surface area contributed by atoms with Gasteiger partial charge in [-0.05, 0) is 63.5 Å². The molecule has 2 amide bonds. The zero-order valence-corrected chi connectivity index (χ0v) is 16.1. The first-order valence-corrected chi connectivity index (χ1v) is 11.0. The van der Waals surface area contributed by atoms with Gasteiger partial charge in [-0.25, -0.2) is 13.2 Å². The third-order valence-electron chi connectivity index (χ3n) is 4.87. The highest BCUT2D eigenvalue weighted by molar-refractivity contribution is 7.93. The van der Waals surface area contributed by atoms with Gasteiger partial charge in [0.1, 0.15) is 0 Å². The van der Waals surface area contributed by atoms with E-state index in [0.717, 1.165) is 19.6 Å². The van der Waals surface area contributed by atoms with E-state index in [4.69, 9.17) is 0 Å². The normalized spacial score (nSPS) is 21.3. The molecule has 0 aliphatic carbocycles. The average Bonchev–Trinajstić information content (AvgIpc) is 2.95. The molecule has 1 aromatic rings. The fraction of sp³-hybridized carbons (Fsp3) is 0.611. The molecule has 26 heavy (non-hydrogen) atoms. The smallest absolute Gasteiger partial charge is 0.319 e. The van der Waals surface area contributed by atoms with Crippen molar-refractivity contribution in [2.24, 2.45) is 0 Å². The highest BCUT2D eigenvalue weighted by Gasteiger charge is 2.28. The molecule has 0 saturated carbocycles. The van der Waals surface area contributed by atoms with E-state index >= 15 is 0 Å². The molecule has 2 fully saturated rings. The minimum Gasteiger partial charge on any atom is -0.334 e. The number of urea groups is 1. The Morgan fingerprint density at radius 2 is 1.77 bits per heavy atom. The van der Waals surface area contributed by atoms with Gasteiger partial charge < -0.3 is 15.5 Å². The van der Waals surface area contributed by atoms with Crippen LogP contribution in [-0.4, -0.2) is 57.3 Å². The molecule has 2 saturated heterocycles. The van der Waals surface area contributed by atoms with Crippen molar-refractivity contribution in [3.8, 4) is 0 Å². The highest BCUT2D eigenvalue weighted by atomic mass is 32.2. The van der Waals surface area contributed by atoms with E-state index in [1.54, 1.807) is 24.3 Å². The van der Waals surface area contributed by atoms with Crippen molar-refractivity contribution in [2.45, 2.75) is 38.6 Å². The van der Waals surface area contributed by atoms with Crippen LogP contribution in [0, 0.1) is 0 Å². The van der Waals surface area contributed by atoms with Crippen LogP contribution >= 0.6 is 0 Å². The second kappa shape index (κ2) is 8.26. The van der Waals surface area contributed by atoms with Crippen LogP contribution in [0.5, 0.6) is 0 Å². The molecule has 1 unspecified atom stereocenters. The summed E-state index contributed by atoms with van der Waals surface area (Å²) < 4.78 is 25.3. The maximum absolute atomic E-state index is 12.2. The van der Waals surface area contributed by atoms with Gasteiger partial charge in [0.25, 0.3) is 0 Å². The molecule has 0 spiro atoms. The fourth-order valence-corrected chi connectivity index (χ4v) is 5.17. The first-order valence-electron chi connectivity index (χ1n) is 9.34. The van der Waals surface area contributed by atoms with E-state index < -0.39 is 10.0 Å². The fourth-order valence-electron chi connectivity index (χ4n) is 3.61. The van der Waals surface area contributed by atoms with Crippen molar-refractivity contribution < 1.29 is 13.2 Å². The van der Waals surface area contributed by atoms with Crippen molar-refractivity contribution in [3.63, 3.8) is 0 Å². The Kier molecular flexibility index (Phi) is 6.03. The molecule has 1 aromatic carbocycles. The minimum absolute atomic E-state index is 0.0714. The van der Waals surface area contributed by atoms with Crippen molar-refractivity contribution in [1.29, 1.82) is 0 Å². The van der Waals surface area contributed by atoms with Crippen LogP contribution < -0.4 is 14.9 Å². The van der Waals surface area contributed by atoms with Gasteiger partial charge in [0, 0.05) is 24.8 Å². The van der Waals surface area contributed by atoms with Crippen LogP contribution in [0.25, 0.3) is 0 Å². The predicted octanol–water partition coefficient (Wildman–Crippen LogP) is 2.22. The number of benzene rings is 1. The van der Waals surface area contributed by atoms with Crippen molar-refractivity contribution in [3.05, 3.63) is 24.3 Å². The van der Waals surface area contributed by atoms with E-state index in [1.807, 2.05) is 6.92 Å². The third-order valence-corrected chi connectivity index (χ3v) is 6.74. The van der Waals surface area contributed by atoms with Crippen LogP contribution in [0.1, 0.15) is 32.6 Å². The van der Waals surface area contributed by atoms with Gasteiger partial charge in [0.15, 0.2) is 0 Å². The molecule has 2 heterocycles. The van der Waals surface area contributed by atoms with Gasteiger partial charge in [0.05, 0.1) is 11.4 Å². The molecular weight excluding hydrogens is 352 g/mol. The van der Waals surface area contributed by atoms with Gasteiger partial charge in [0.2, 0.25) is 10.0 Å². The molecule has 0 aromatic heterocycles. The van der Waals surface area contributed by atoms with Gasteiger partial charge >= 0.3 is 6.03 Å². The first kappa shape index (κ1) is 19.0. The number of hydrogen-bond donors (Lipinski definition) is 2. The summed E-state index contributed by atoms with van der Waals surface area (Å²) in [5.74, 6) is 0.199. The number of nitrogens with one attached hydrogen (secondary N) is 2. The Morgan fingerprint density at radius 1 is 1.08 bits per heavy atom. The molecule has 2 N–H and O–H groups in total. The van der Waals surface area contributed by atoms with Crippen LogP contribution in [-0.2, 0) is 10.0 Å². The molecule has 144 valence electrons. The summed E-state index contributed by atoms with van der Waals surface area (Å²) in [6.07, 6.45) is 4.42. The average molecular weight is 381 g/mol.